The summed E-state index contributed by atoms with van der Waals surface area (Å²) in [6, 6.07) is 15.1. The van der Waals surface area contributed by atoms with Gasteiger partial charge in [-0.3, -0.25) is 13.9 Å². The molecule has 10 heteroatoms. The van der Waals surface area contributed by atoms with Gasteiger partial charge in [-0.05, 0) is 36.8 Å². The highest BCUT2D eigenvalue weighted by Gasteiger charge is 2.21. The zero-order chi connectivity index (χ0) is 25.1. The summed E-state index contributed by atoms with van der Waals surface area (Å²) in [6.07, 6.45) is -0.948. The van der Waals surface area contributed by atoms with Gasteiger partial charge in [0.05, 0.1) is 13.7 Å². The molecule has 0 amide bonds. The molecule has 0 aliphatic rings. The fraction of sp³-hybridized carbons (Fsp3) is 0.320. The van der Waals surface area contributed by atoms with Crippen LogP contribution in [0.4, 0.5) is 5.95 Å². The highest BCUT2D eigenvalue weighted by molar-refractivity contribution is 5.74. The summed E-state index contributed by atoms with van der Waals surface area (Å²) in [5.41, 5.74) is 1.69. The van der Waals surface area contributed by atoms with E-state index in [1.54, 1.807) is 43.0 Å². The Morgan fingerprint density at radius 2 is 1.66 bits per heavy atom. The van der Waals surface area contributed by atoms with Crippen LogP contribution in [0, 0.1) is 6.92 Å². The Hall–Kier alpha value is -4.05. The number of hydrogen-bond acceptors (Lipinski definition) is 7. The van der Waals surface area contributed by atoms with E-state index in [2.05, 4.69) is 10.3 Å². The van der Waals surface area contributed by atoms with E-state index in [0.717, 1.165) is 15.7 Å². The Bertz CT molecular complexity index is 1440. The Kier molecular flexibility index (Phi) is 6.92. The van der Waals surface area contributed by atoms with Crippen LogP contribution in [0.1, 0.15) is 11.1 Å². The largest absolute Gasteiger partial charge is 0.497 e. The van der Waals surface area contributed by atoms with Gasteiger partial charge < -0.3 is 24.5 Å². The van der Waals surface area contributed by atoms with E-state index in [1.807, 2.05) is 31.2 Å². The number of benzene rings is 2. The molecule has 1 atom stereocenters. The summed E-state index contributed by atoms with van der Waals surface area (Å²) in [6.45, 7) is 2.50. The van der Waals surface area contributed by atoms with Crippen LogP contribution >= 0.6 is 0 Å². The zero-order valence-electron chi connectivity index (χ0n) is 20.2. The number of imidazole rings is 1. The first-order valence-electron chi connectivity index (χ1n) is 11.2. The van der Waals surface area contributed by atoms with Crippen molar-refractivity contribution in [1.82, 2.24) is 18.7 Å². The second-order valence-corrected chi connectivity index (χ2v) is 8.40. The number of aliphatic hydroxyl groups is 1. The van der Waals surface area contributed by atoms with Gasteiger partial charge in [0.15, 0.2) is 11.2 Å². The lowest BCUT2D eigenvalue weighted by Crippen LogP contribution is -2.38. The molecule has 0 aliphatic heterocycles. The quantitative estimate of drug-likeness (QED) is 0.376. The van der Waals surface area contributed by atoms with Crippen molar-refractivity contribution < 1.29 is 14.6 Å². The van der Waals surface area contributed by atoms with Crippen LogP contribution in [0.5, 0.6) is 11.5 Å². The maximum absolute atomic E-state index is 13.0. The van der Waals surface area contributed by atoms with Crippen molar-refractivity contribution in [2.45, 2.75) is 26.1 Å². The van der Waals surface area contributed by atoms with Gasteiger partial charge in [0, 0.05) is 20.6 Å². The SMILES string of the molecule is COc1ccc(OCC(O)Cn2c(NCc3ccc(C)cc3)nc3c2c(=O)n(C)c(=O)n3C)cc1. The average Bonchev–Trinajstić information content (AvgIpc) is 3.23. The molecule has 2 N–H and O–H groups in total. The van der Waals surface area contributed by atoms with Crippen LogP contribution in [0.25, 0.3) is 11.2 Å². The standard InChI is InChI=1S/C25H29N5O5/c1-16-5-7-17(8-6-16)13-26-24-27-22-21(23(32)29(3)25(33)28(22)2)30(24)14-18(31)15-35-20-11-9-19(34-4)10-12-20/h5-12,18,31H,13-15H2,1-4H3,(H,26,27). The average molecular weight is 480 g/mol. The highest BCUT2D eigenvalue weighted by Crippen LogP contribution is 2.19. The van der Waals surface area contributed by atoms with Gasteiger partial charge in [0.1, 0.15) is 24.2 Å². The molecule has 2 heterocycles. The molecule has 2 aromatic heterocycles. The summed E-state index contributed by atoms with van der Waals surface area (Å²) in [4.78, 5) is 30.0. The van der Waals surface area contributed by atoms with Crippen molar-refractivity contribution in [3.05, 3.63) is 80.5 Å². The van der Waals surface area contributed by atoms with Crippen LogP contribution in [0.2, 0.25) is 0 Å². The lowest BCUT2D eigenvalue weighted by Gasteiger charge is -2.16. The molecule has 0 spiro atoms. The van der Waals surface area contributed by atoms with Gasteiger partial charge in [0.2, 0.25) is 5.95 Å². The normalized spacial score (nSPS) is 12.0. The van der Waals surface area contributed by atoms with Gasteiger partial charge in [-0.25, -0.2) is 4.79 Å². The molecular formula is C25H29N5O5. The molecule has 0 saturated carbocycles. The molecule has 4 rings (SSSR count). The van der Waals surface area contributed by atoms with Crippen LogP contribution in [0.15, 0.2) is 58.1 Å². The second kappa shape index (κ2) is 10.1. The number of hydrogen-bond donors (Lipinski definition) is 2. The number of aromatic nitrogens is 4. The van der Waals surface area contributed by atoms with Gasteiger partial charge in [-0.2, -0.15) is 4.98 Å². The predicted molar refractivity (Wildman–Crippen MR) is 133 cm³/mol. The summed E-state index contributed by atoms with van der Waals surface area (Å²) in [7, 11) is 4.57. The number of ether oxygens (including phenoxy) is 2. The number of rotatable bonds is 9. The van der Waals surface area contributed by atoms with Gasteiger partial charge in [-0.1, -0.05) is 29.8 Å². The third-order valence-electron chi connectivity index (χ3n) is 5.81. The van der Waals surface area contributed by atoms with Crippen molar-refractivity contribution in [1.29, 1.82) is 0 Å². The molecule has 2 aromatic carbocycles. The number of aliphatic hydroxyl groups excluding tert-OH is 1. The Balaban J connectivity index is 1.62. The number of fused-ring (bicyclic) bond motifs is 1. The fourth-order valence-corrected chi connectivity index (χ4v) is 3.77. The first-order valence-corrected chi connectivity index (χ1v) is 11.2. The van der Waals surface area contributed by atoms with Crippen molar-refractivity contribution in [2.75, 3.05) is 19.0 Å². The van der Waals surface area contributed by atoms with E-state index in [0.29, 0.717) is 24.0 Å². The maximum Gasteiger partial charge on any atom is 0.332 e. The Morgan fingerprint density at radius 3 is 2.31 bits per heavy atom. The molecule has 184 valence electrons. The monoisotopic (exact) mass is 479 g/mol. The molecule has 0 aliphatic carbocycles. The van der Waals surface area contributed by atoms with E-state index >= 15 is 0 Å². The van der Waals surface area contributed by atoms with E-state index in [-0.39, 0.29) is 24.3 Å². The lowest BCUT2D eigenvalue weighted by molar-refractivity contribution is 0.0938. The zero-order valence-corrected chi connectivity index (χ0v) is 20.2. The third-order valence-corrected chi connectivity index (χ3v) is 5.81. The summed E-state index contributed by atoms with van der Waals surface area (Å²) in [5, 5.41) is 14.0. The minimum Gasteiger partial charge on any atom is -0.497 e. The summed E-state index contributed by atoms with van der Waals surface area (Å²) in [5.74, 6) is 1.66. The van der Waals surface area contributed by atoms with E-state index < -0.39 is 17.4 Å². The molecule has 0 fully saturated rings. The first-order chi connectivity index (χ1) is 16.8. The van der Waals surface area contributed by atoms with E-state index in [4.69, 9.17) is 9.47 Å². The molecular weight excluding hydrogens is 450 g/mol. The van der Waals surface area contributed by atoms with Crippen molar-refractivity contribution in [2.24, 2.45) is 14.1 Å². The van der Waals surface area contributed by atoms with E-state index in [1.165, 1.54) is 11.6 Å². The predicted octanol–water partition coefficient (Wildman–Crippen LogP) is 1.80. The summed E-state index contributed by atoms with van der Waals surface area (Å²) >= 11 is 0. The van der Waals surface area contributed by atoms with E-state index in [9.17, 15) is 14.7 Å². The van der Waals surface area contributed by atoms with Gasteiger partial charge >= 0.3 is 5.69 Å². The minimum absolute atomic E-state index is 0.00448. The Morgan fingerprint density at radius 1 is 1.00 bits per heavy atom. The molecule has 35 heavy (non-hydrogen) atoms. The topological polar surface area (TPSA) is 113 Å². The third kappa shape index (κ3) is 5.07. The maximum atomic E-state index is 13.0. The molecule has 1 unspecified atom stereocenters. The fourth-order valence-electron chi connectivity index (χ4n) is 3.77. The first kappa shape index (κ1) is 24.1. The van der Waals surface area contributed by atoms with Crippen LogP contribution in [-0.4, -0.2) is 43.6 Å². The van der Waals surface area contributed by atoms with Crippen molar-refractivity contribution in [3.63, 3.8) is 0 Å². The number of methoxy groups -OCH3 is 1. The molecule has 0 radical (unpaired) electrons. The van der Waals surface area contributed by atoms with Crippen molar-refractivity contribution >= 4 is 17.1 Å². The smallest absolute Gasteiger partial charge is 0.332 e. The number of anilines is 1. The number of nitrogens with zero attached hydrogens (tertiary/aromatic N) is 4. The highest BCUT2D eigenvalue weighted by atomic mass is 16.5. The summed E-state index contributed by atoms with van der Waals surface area (Å²) < 4.78 is 14.8. The van der Waals surface area contributed by atoms with Crippen LogP contribution in [-0.2, 0) is 27.2 Å². The number of aryl methyl sites for hydroxylation is 2. The second-order valence-electron chi connectivity index (χ2n) is 8.40. The molecule has 4 aromatic rings. The van der Waals surface area contributed by atoms with Crippen molar-refractivity contribution in [3.8, 4) is 11.5 Å². The molecule has 10 nitrogen and oxygen atoms in total. The van der Waals surface area contributed by atoms with Crippen LogP contribution < -0.4 is 26.0 Å². The van der Waals surface area contributed by atoms with Gasteiger partial charge in [-0.15, -0.1) is 0 Å². The Labute approximate surface area is 202 Å². The lowest BCUT2D eigenvalue weighted by atomic mass is 10.1. The minimum atomic E-state index is -0.948. The molecule has 0 saturated heterocycles. The van der Waals surface area contributed by atoms with Crippen LogP contribution in [0.3, 0.4) is 0 Å². The number of nitrogens with one attached hydrogen (secondary N) is 1. The molecule has 0 bridgehead atoms. The van der Waals surface area contributed by atoms with Gasteiger partial charge in [0.25, 0.3) is 5.56 Å².